The van der Waals surface area contributed by atoms with E-state index in [1.807, 2.05) is 24.3 Å². The molecule has 1 heterocycles. The molecule has 6 nitrogen and oxygen atoms in total. The van der Waals surface area contributed by atoms with Gasteiger partial charge in [0.05, 0.1) is 25.7 Å². The Bertz CT molecular complexity index is 548. The van der Waals surface area contributed by atoms with Gasteiger partial charge in [-0.1, -0.05) is 31.5 Å². The molecule has 126 valence electrons. The van der Waals surface area contributed by atoms with E-state index in [2.05, 4.69) is 12.2 Å². The smallest absolute Gasteiger partial charge is 0.234 e. The highest BCUT2D eigenvalue weighted by Gasteiger charge is 2.23. The Hall–Kier alpha value is -2.08. The molecule has 0 saturated heterocycles. The number of amides is 2. The Morgan fingerprint density at radius 2 is 2.13 bits per heavy atom. The highest BCUT2D eigenvalue weighted by Crippen LogP contribution is 2.31. The SMILES string of the molecule is CCCCN(CC(N)=O)CC(=O)N[C@@H]1CCOc2ccccc21. The minimum absolute atomic E-state index is 0.0472. The number of nitrogens with zero attached hydrogens (tertiary/aromatic N) is 1. The summed E-state index contributed by atoms with van der Waals surface area (Å²) in [5.74, 6) is 0.318. The topological polar surface area (TPSA) is 84.7 Å². The fraction of sp³-hybridized carbons (Fsp3) is 0.529. The van der Waals surface area contributed by atoms with Crippen LogP contribution in [0.25, 0.3) is 0 Å². The average molecular weight is 319 g/mol. The quantitative estimate of drug-likeness (QED) is 0.754. The molecule has 3 N–H and O–H groups in total. The molecule has 1 aliphatic heterocycles. The summed E-state index contributed by atoms with van der Waals surface area (Å²) in [6.07, 6.45) is 2.68. The second-order valence-corrected chi connectivity index (χ2v) is 5.83. The van der Waals surface area contributed by atoms with Gasteiger partial charge >= 0.3 is 0 Å². The summed E-state index contributed by atoms with van der Waals surface area (Å²) in [6, 6.07) is 7.69. The van der Waals surface area contributed by atoms with Gasteiger partial charge in [0.25, 0.3) is 0 Å². The summed E-state index contributed by atoms with van der Waals surface area (Å²) in [5.41, 5.74) is 6.26. The molecule has 0 saturated carbocycles. The van der Waals surface area contributed by atoms with Gasteiger partial charge < -0.3 is 15.8 Å². The van der Waals surface area contributed by atoms with Gasteiger partial charge in [0.1, 0.15) is 5.75 Å². The van der Waals surface area contributed by atoms with Crippen molar-refractivity contribution >= 4 is 11.8 Å². The molecule has 2 rings (SSSR count). The highest BCUT2D eigenvalue weighted by atomic mass is 16.5. The van der Waals surface area contributed by atoms with E-state index >= 15 is 0 Å². The zero-order chi connectivity index (χ0) is 16.7. The van der Waals surface area contributed by atoms with E-state index in [-0.39, 0.29) is 25.0 Å². The molecule has 0 aromatic heterocycles. The van der Waals surface area contributed by atoms with Crippen LogP contribution in [0, 0.1) is 0 Å². The van der Waals surface area contributed by atoms with Crippen molar-refractivity contribution in [3.05, 3.63) is 29.8 Å². The van der Waals surface area contributed by atoms with Crippen LogP contribution in [0.5, 0.6) is 5.75 Å². The molecule has 1 aromatic rings. The Kier molecular flexibility index (Phi) is 6.40. The molecule has 2 amide bonds. The summed E-state index contributed by atoms with van der Waals surface area (Å²) >= 11 is 0. The summed E-state index contributed by atoms with van der Waals surface area (Å²) in [7, 11) is 0. The average Bonchev–Trinajstić information content (AvgIpc) is 2.52. The van der Waals surface area contributed by atoms with Gasteiger partial charge in [-0.25, -0.2) is 0 Å². The van der Waals surface area contributed by atoms with Gasteiger partial charge in [-0.15, -0.1) is 0 Å². The molecular formula is C17H25N3O3. The number of ether oxygens (including phenoxy) is 1. The zero-order valence-corrected chi connectivity index (χ0v) is 13.6. The number of primary amides is 1. The molecule has 0 radical (unpaired) electrons. The van der Waals surface area contributed by atoms with Crippen molar-refractivity contribution in [1.29, 1.82) is 0 Å². The first-order valence-corrected chi connectivity index (χ1v) is 8.12. The van der Waals surface area contributed by atoms with Gasteiger partial charge in [0.2, 0.25) is 11.8 Å². The zero-order valence-electron chi connectivity index (χ0n) is 13.6. The number of hydrogen-bond acceptors (Lipinski definition) is 4. The molecule has 1 aromatic carbocycles. The lowest BCUT2D eigenvalue weighted by Gasteiger charge is -2.28. The van der Waals surface area contributed by atoms with Crippen LogP contribution in [-0.4, -0.2) is 43.0 Å². The van der Waals surface area contributed by atoms with Crippen molar-refractivity contribution in [1.82, 2.24) is 10.2 Å². The van der Waals surface area contributed by atoms with Crippen molar-refractivity contribution in [3.8, 4) is 5.75 Å². The number of para-hydroxylation sites is 1. The van der Waals surface area contributed by atoms with Gasteiger partial charge in [-0.3, -0.25) is 14.5 Å². The minimum atomic E-state index is -0.412. The molecule has 0 spiro atoms. The second-order valence-electron chi connectivity index (χ2n) is 5.83. The van der Waals surface area contributed by atoms with E-state index in [4.69, 9.17) is 10.5 Å². The number of nitrogens with one attached hydrogen (secondary N) is 1. The maximum absolute atomic E-state index is 12.3. The first-order chi connectivity index (χ1) is 11.1. The third-order valence-electron chi connectivity index (χ3n) is 3.87. The molecule has 1 aliphatic rings. The Balaban J connectivity index is 1.94. The number of rotatable bonds is 8. The first kappa shape index (κ1) is 17.3. The highest BCUT2D eigenvalue weighted by molar-refractivity contribution is 5.80. The Morgan fingerprint density at radius 1 is 1.35 bits per heavy atom. The summed E-state index contributed by atoms with van der Waals surface area (Å²) in [5, 5.41) is 3.04. The maximum Gasteiger partial charge on any atom is 0.234 e. The molecule has 23 heavy (non-hydrogen) atoms. The Morgan fingerprint density at radius 3 is 2.87 bits per heavy atom. The van der Waals surface area contributed by atoms with E-state index in [0.717, 1.165) is 30.6 Å². The number of fused-ring (bicyclic) bond motifs is 1. The summed E-state index contributed by atoms with van der Waals surface area (Å²) in [6.45, 7) is 3.64. The number of hydrogen-bond donors (Lipinski definition) is 2. The third-order valence-corrected chi connectivity index (χ3v) is 3.87. The van der Waals surface area contributed by atoms with Crippen LogP contribution in [0.1, 0.15) is 37.8 Å². The normalized spacial score (nSPS) is 16.5. The maximum atomic E-state index is 12.3. The number of benzene rings is 1. The van der Waals surface area contributed by atoms with Crippen LogP contribution < -0.4 is 15.8 Å². The van der Waals surface area contributed by atoms with Crippen LogP contribution in [-0.2, 0) is 9.59 Å². The van der Waals surface area contributed by atoms with Crippen LogP contribution in [0.15, 0.2) is 24.3 Å². The second kappa shape index (κ2) is 8.53. The number of nitrogens with two attached hydrogens (primary N) is 1. The van der Waals surface area contributed by atoms with Crippen molar-refractivity contribution < 1.29 is 14.3 Å². The minimum Gasteiger partial charge on any atom is -0.493 e. The third kappa shape index (κ3) is 5.25. The molecule has 6 heteroatoms. The summed E-state index contributed by atoms with van der Waals surface area (Å²) in [4.78, 5) is 25.3. The number of carbonyl (C=O) groups is 2. The van der Waals surface area contributed by atoms with E-state index in [0.29, 0.717) is 13.2 Å². The lowest BCUT2D eigenvalue weighted by Crippen LogP contribution is -2.43. The van der Waals surface area contributed by atoms with E-state index < -0.39 is 5.91 Å². The fourth-order valence-corrected chi connectivity index (χ4v) is 2.75. The van der Waals surface area contributed by atoms with Crippen molar-refractivity contribution in [2.75, 3.05) is 26.2 Å². The lowest BCUT2D eigenvalue weighted by molar-refractivity contribution is -0.124. The van der Waals surface area contributed by atoms with Crippen molar-refractivity contribution in [3.63, 3.8) is 0 Å². The number of carbonyl (C=O) groups excluding carboxylic acids is 2. The van der Waals surface area contributed by atoms with Gasteiger partial charge in [0, 0.05) is 12.0 Å². The summed E-state index contributed by atoms with van der Waals surface area (Å²) < 4.78 is 5.60. The molecular weight excluding hydrogens is 294 g/mol. The standard InChI is InChI=1S/C17H25N3O3/c1-2-3-9-20(11-16(18)21)12-17(22)19-14-8-10-23-15-7-5-4-6-13(14)15/h4-7,14H,2-3,8-12H2,1H3,(H2,18,21)(H,19,22)/t14-/m1/s1. The first-order valence-electron chi connectivity index (χ1n) is 8.12. The molecule has 0 bridgehead atoms. The van der Waals surface area contributed by atoms with Crippen molar-refractivity contribution in [2.24, 2.45) is 5.73 Å². The van der Waals surface area contributed by atoms with E-state index in [1.54, 1.807) is 4.90 Å². The number of unbranched alkanes of at least 4 members (excludes halogenated alkanes) is 1. The van der Waals surface area contributed by atoms with E-state index in [9.17, 15) is 9.59 Å². The largest absolute Gasteiger partial charge is 0.493 e. The Labute approximate surface area is 137 Å². The van der Waals surface area contributed by atoms with Gasteiger partial charge in [-0.05, 0) is 19.0 Å². The molecule has 0 unspecified atom stereocenters. The fourth-order valence-electron chi connectivity index (χ4n) is 2.75. The van der Waals surface area contributed by atoms with Crippen LogP contribution >= 0.6 is 0 Å². The van der Waals surface area contributed by atoms with Gasteiger partial charge in [-0.2, -0.15) is 0 Å². The lowest BCUT2D eigenvalue weighted by atomic mass is 10.0. The van der Waals surface area contributed by atoms with Crippen LogP contribution in [0.3, 0.4) is 0 Å². The monoisotopic (exact) mass is 319 g/mol. The predicted octanol–water partition coefficient (Wildman–Crippen LogP) is 1.21. The molecule has 0 fully saturated rings. The van der Waals surface area contributed by atoms with Gasteiger partial charge in [0.15, 0.2) is 0 Å². The molecule has 0 aliphatic carbocycles. The molecule has 1 atom stereocenters. The predicted molar refractivity (Wildman–Crippen MR) is 88.0 cm³/mol. The van der Waals surface area contributed by atoms with Crippen LogP contribution in [0.4, 0.5) is 0 Å². The van der Waals surface area contributed by atoms with Crippen molar-refractivity contribution in [2.45, 2.75) is 32.2 Å². The van der Waals surface area contributed by atoms with E-state index in [1.165, 1.54) is 0 Å². The van der Waals surface area contributed by atoms with Crippen LogP contribution in [0.2, 0.25) is 0 Å².